The molecule has 4 heteroatoms. The smallest absolute Gasteiger partial charge is 0.309 e. The van der Waals surface area contributed by atoms with Crippen LogP contribution in [0.15, 0.2) is 24.8 Å². The molecule has 78 valence electrons. The van der Waals surface area contributed by atoms with Crippen molar-refractivity contribution in [3.05, 3.63) is 24.8 Å². The van der Waals surface area contributed by atoms with Crippen LogP contribution in [0, 0.1) is 0 Å². The van der Waals surface area contributed by atoms with Crippen LogP contribution in [0.4, 0.5) is 0 Å². The van der Waals surface area contributed by atoms with Gasteiger partial charge in [0.1, 0.15) is 6.10 Å². The van der Waals surface area contributed by atoms with Crippen LogP contribution >= 0.6 is 0 Å². The lowest BCUT2D eigenvalue weighted by Crippen LogP contribution is -2.18. The first-order valence-corrected chi connectivity index (χ1v) is 4.13. The maximum Gasteiger partial charge on any atom is 0.309 e. The third-order valence-electron chi connectivity index (χ3n) is 1.37. The molecule has 0 aromatic carbocycles. The summed E-state index contributed by atoms with van der Waals surface area (Å²) in [6.07, 6.45) is 4.15. The minimum Gasteiger partial charge on any atom is -0.469 e. The van der Waals surface area contributed by atoms with Gasteiger partial charge in [-0.25, -0.2) is 0 Å². The molecule has 0 aliphatic heterocycles. The third-order valence-corrected chi connectivity index (χ3v) is 1.37. The molecule has 0 N–H and O–H groups in total. The van der Waals surface area contributed by atoms with Crippen LogP contribution in [0.5, 0.6) is 0 Å². The number of esters is 2. The van der Waals surface area contributed by atoms with Crippen molar-refractivity contribution in [1.29, 1.82) is 0 Å². The van der Waals surface area contributed by atoms with Crippen molar-refractivity contribution in [1.82, 2.24) is 0 Å². The van der Waals surface area contributed by atoms with Gasteiger partial charge in [0, 0.05) is 6.92 Å². The predicted octanol–water partition coefficient (Wildman–Crippen LogP) is 1.22. The second kappa shape index (κ2) is 6.88. The monoisotopic (exact) mass is 198 g/mol. The molecule has 0 spiro atoms. The Balaban J connectivity index is 4.23. The van der Waals surface area contributed by atoms with E-state index in [1.165, 1.54) is 20.1 Å². The van der Waals surface area contributed by atoms with Crippen LogP contribution in [0.1, 0.15) is 13.3 Å². The average molecular weight is 198 g/mol. The summed E-state index contributed by atoms with van der Waals surface area (Å²) in [5, 5.41) is 0. The largest absolute Gasteiger partial charge is 0.469 e. The van der Waals surface area contributed by atoms with Gasteiger partial charge in [-0.1, -0.05) is 18.7 Å². The molecule has 0 fully saturated rings. The SMILES string of the molecule is C=C/C=C/C(CC(=O)OC)OC(C)=O. The summed E-state index contributed by atoms with van der Waals surface area (Å²) in [5.41, 5.74) is 0. The highest BCUT2D eigenvalue weighted by atomic mass is 16.6. The van der Waals surface area contributed by atoms with Crippen LogP contribution in [-0.2, 0) is 19.1 Å². The molecule has 1 unspecified atom stereocenters. The van der Waals surface area contributed by atoms with Crippen molar-refractivity contribution in [2.75, 3.05) is 7.11 Å². The summed E-state index contributed by atoms with van der Waals surface area (Å²) >= 11 is 0. The molecule has 4 nitrogen and oxygen atoms in total. The Morgan fingerprint density at radius 2 is 2.14 bits per heavy atom. The van der Waals surface area contributed by atoms with Crippen molar-refractivity contribution < 1.29 is 19.1 Å². The number of carbonyl (C=O) groups excluding carboxylic acids is 2. The van der Waals surface area contributed by atoms with Gasteiger partial charge in [0.25, 0.3) is 0 Å². The second-order valence-electron chi connectivity index (χ2n) is 2.55. The molecule has 0 aliphatic rings. The highest BCUT2D eigenvalue weighted by Gasteiger charge is 2.13. The van der Waals surface area contributed by atoms with Crippen LogP contribution in [0.25, 0.3) is 0 Å². The molecule has 0 saturated carbocycles. The summed E-state index contributed by atoms with van der Waals surface area (Å²) in [4.78, 5) is 21.5. The Morgan fingerprint density at radius 1 is 1.50 bits per heavy atom. The summed E-state index contributed by atoms with van der Waals surface area (Å²) in [6, 6.07) is 0. The van der Waals surface area contributed by atoms with E-state index in [4.69, 9.17) is 4.74 Å². The van der Waals surface area contributed by atoms with Crippen molar-refractivity contribution in [2.24, 2.45) is 0 Å². The minimum atomic E-state index is -0.585. The first-order chi connectivity index (χ1) is 6.60. The summed E-state index contributed by atoms with van der Waals surface area (Å²) in [7, 11) is 1.28. The van der Waals surface area contributed by atoms with Gasteiger partial charge < -0.3 is 9.47 Å². The molecule has 14 heavy (non-hydrogen) atoms. The zero-order chi connectivity index (χ0) is 11.0. The van der Waals surface area contributed by atoms with Gasteiger partial charge in [0.15, 0.2) is 0 Å². The van der Waals surface area contributed by atoms with Gasteiger partial charge in [-0.15, -0.1) is 0 Å². The third kappa shape index (κ3) is 5.99. The first kappa shape index (κ1) is 12.4. The van der Waals surface area contributed by atoms with Crippen molar-refractivity contribution in [3.63, 3.8) is 0 Å². The molecule has 0 heterocycles. The molecule has 1 atom stereocenters. The number of hydrogen-bond acceptors (Lipinski definition) is 4. The molecular formula is C10H14O4. The van der Waals surface area contributed by atoms with E-state index in [9.17, 15) is 9.59 Å². The molecule has 0 bridgehead atoms. The van der Waals surface area contributed by atoms with Crippen LogP contribution in [-0.4, -0.2) is 25.2 Å². The van der Waals surface area contributed by atoms with Gasteiger partial charge >= 0.3 is 11.9 Å². The molecular weight excluding hydrogens is 184 g/mol. The lowest BCUT2D eigenvalue weighted by Gasteiger charge is -2.10. The van der Waals surface area contributed by atoms with Crippen molar-refractivity contribution >= 4 is 11.9 Å². The van der Waals surface area contributed by atoms with Gasteiger partial charge in [0.05, 0.1) is 13.5 Å². The number of rotatable bonds is 5. The zero-order valence-corrected chi connectivity index (χ0v) is 8.36. The number of carbonyl (C=O) groups is 2. The second-order valence-corrected chi connectivity index (χ2v) is 2.55. The highest BCUT2D eigenvalue weighted by Crippen LogP contribution is 2.03. The summed E-state index contributed by atoms with van der Waals surface area (Å²) in [6.45, 7) is 4.75. The summed E-state index contributed by atoms with van der Waals surface area (Å²) in [5.74, 6) is -0.863. The van der Waals surface area contributed by atoms with Crippen LogP contribution in [0.3, 0.4) is 0 Å². The summed E-state index contributed by atoms with van der Waals surface area (Å²) < 4.78 is 9.30. The average Bonchev–Trinajstić information content (AvgIpc) is 2.13. The van der Waals surface area contributed by atoms with E-state index in [1.54, 1.807) is 12.2 Å². The van der Waals surface area contributed by atoms with E-state index in [-0.39, 0.29) is 6.42 Å². The Kier molecular flexibility index (Phi) is 6.11. The number of allylic oxidation sites excluding steroid dienone is 2. The van der Waals surface area contributed by atoms with Crippen LogP contribution in [0.2, 0.25) is 0 Å². The van der Waals surface area contributed by atoms with Gasteiger partial charge in [-0.05, 0) is 6.08 Å². The number of methoxy groups -OCH3 is 1. The van der Waals surface area contributed by atoms with Gasteiger partial charge in [0.2, 0.25) is 0 Å². The molecule has 0 aromatic rings. The minimum absolute atomic E-state index is 0.0143. The molecule has 0 aliphatic carbocycles. The Morgan fingerprint density at radius 3 is 2.57 bits per heavy atom. The van der Waals surface area contributed by atoms with Gasteiger partial charge in [-0.3, -0.25) is 9.59 Å². The highest BCUT2D eigenvalue weighted by molar-refractivity contribution is 5.71. The lowest BCUT2D eigenvalue weighted by molar-refractivity contribution is -0.149. The Hall–Kier alpha value is -1.58. The standard InChI is InChI=1S/C10H14O4/c1-4-5-6-9(14-8(2)11)7-10(12)13-3/h4-6,9H,1,7H2,2-3H3/b6-5+. The van der Waals surface area contributed by atoms with E-state index in [0.717, 1.165) is 0 Å². The number of ether oxygens (including phenoxy) is 2. The molecule has 0 rings (SSSR count). The lowest BCUT2D eigenvalue weighted by atomic mass is 10.2. The van der Waals surface area contributed by atoms with Crippen LogP contribution < -0.4 is 0 Å². The quantitative estimate of drug-likeness (QED) is 0.492. The van der Waals surface area contributed by atoms with E-state index < -0.39 is 18.0 Å². The topological polar surface area (TPSA) is 52.6 Å². The Bertz CT molecular complexity index is 243. The maximum absolute atomic E-state index is 10.9. The molecule has 0 radical (unpaired) electrons. The fourth-order valence-corrected chi connectivity index (χ4v) is 0.812. The first-order valence-electron chi connectivity index (χ1n) is 4.13. The maximum atomic E-state index is 10.9. The van der Waals surface area contributed by atoms with Gasteiger partial charge in [-0.2, -0.15) is 0 Å². The van der Waals surface area contributed by atoms with E-state index >= 15 is 0 Å². The Labute approximate surface area is 83.2 Å². The zero-order valence-electron chi connectivity index (χ0n) is 8.36. The van der Waals surface area contributed by atoms with E-state index in [0.29, 0.717) is 0 Å². The normalized spacial score (nSPS) is 12.1. The van der Waals surface area contributed by atoms with E-state index in [1.807, 2.05) is 0 Å². The van der Waals surface area contributed by atoms with E-state index in [2.05, 4.69) is 11.3 Å². The van der Waals surface area contributed by atoms with Crippen molar-refractivity contribution in [2.45, 2.75) is 19.4 Å². The predicted molar refractivity (Wildman–Crippen MR) is 51.5 cm³/mol. The molecule has 0 amide bonds. The fourth-order valence-electron chi connectivity index (χ4n) is 0.812. The molecule has 0 saturated heterocycles. The number of hydrogen-bond donors (Lipinski definition) is 0. The fraction of sp³-hybridized carbons (Fsp3) is 0.400. The van der Waals surface area contributed by atoms with Crippen molar-refractivity contribution in [3.8, 4) is 0 Å². The molecule has 0 aromatic heterocycles.